The van der Waals surface area contributed by atoms with Gasteiger partial charge in [0.2, 0.25) is 0 Å². The van der Waals surface area contributed by atoms with Crippen molar-refractivity contribution in [2.45, 2.75) is 13.8 Å². The highest BCUT2D eigenvalue weighted by atomic mass is 35.5. The summed E-state index contributed by atoms with van der Waals surface area (Å²) >= 11 is 12.3. The number of imide groups is 1. The number of halogens is 2. The zero-order valence-electron chi connectivity index (χ0n) is 16.4. The Labute approximate surface area is 184 Å². The van der Waals surface area contributed by atoms with Gasteiger partial charge in [0, 0.05) is 15.7 Å². The summed E-state index contributed by atoms with van der Waals surface area (Å²) in [5.74, 6) is -0.817. The van der Waals surface area contributed by atoms with Gasteiger partial charge in [0.15, 0.2) is 0 Å². The third-order valence-corrected chi connectivity index (χ3v) is 5.72. The van der Waals surface area contributed by atoms with E-state index in [-0.39, 0.29) is 11.6 Å². The highest BCUT2D eigenvalue weighted by Crippen LogP contribution is 2.36. The quantitative estimate of drug-likeness (QED) is 0.509. The van der Waals surface area contributed by atoms with Crippen molar-refractivity contribution in [2.75, 3.05) is 10.2 Å². The van der Waals surface area contributed by atoms with Crippen molar-refractivity contribution >= 4 is 52.0 Å². The van der Waals surface area contributed by atoms with Gasteiger partial charge in [-0.2, -0.15) is 0 Å². The highest BCUT2D eigenvalue weighted by molar-refractivity contribution is 6.46. The minimum absolute atomic E-state index is 0.214. The lowest BCUT2D eigenvalue weighted by atomic mass is 10.0. The van der Waals surface area contributed by atoms with Crippen LogP contribution in [0.1, 0.15) is 16.7 Å². The number of amides is 2. The van der Waals surface area contributed by atoms with Gasteiger partial charge in [0.1, 0.15) is 5.70 Å². The molecule has 2 amide bonds. The van der Waals surface area contributed by atoms with Crippen LogP contribution in [0.3, 0.4) is 0 Å². The zero-order chi connectivity index (χ0) is 21.4. The van der Waals surface area contributed by atoms with E-state index in [1.165, 1.54) is 4.90 Å². The van der Waals surface area contributed by atoms with Crippen molar-refractivity contribution in [1.29, 1.82) is 0 Å². The molecule has 6 heteroatoms. The maximum atomic E-state index is 13.5. The third-order valence-electron chi connectivity index (χ3n) is 5.07. The van der Waals surface area contributed by atoms with Crippen LogP contribution in [0.2, 0.25) is 10.0 Å². The number of benzene rings is 3. The monoisotopic (exact) mass is 436 g/mol. The Bertz CT molecular complexity index is 1200. The summed E-state index contributed by atoms with van der Waals surface area (Å²) in [5.41, 5.74) is 3.88. The van der Waals surface area contributed by atoms with Gasteiger partial charge in [-0.1, -0.05) is 59.6 Å². The van der Waals surface area contributed by atoms with Crippen LogP contribution in [0.5, 0.6) is 0 Å². The van der Waals surface area contributed by atoms with Crippen LogP contribution in [-0.2, 0) is 9.59 Å². The topological polar surface area (TPSA) is 49.4 Å². The minimum atomic E-state index is -0.427. The molecule has 1 N–H and O–H groups in total. The molecule has 150 valence electrons. The normalized spacial score (nSPS) is 13.9. The van der Waals surface area contributed by atoms with Crippen LogP contribution >= 0.6 is 23.2 Å². The van der Waals surface area contributed by atoms with Gasteiger partial charge in [0.05, 0.1) is 11.3 Å². The molecule has 0 saturated heterocycles. The smallest absolute Gasteiger partial charge is 0.282 e. The van der Waals surface area contributed by atoms with Crippen LogP contribution in [0.4, 0.5) is 11.4 Å². The summed E-state index contributed by atoms with van der Waals surface area (Å²) in [7, 11) is 0. The van der Waals surface area contributed by atoms with E-state index in [9.17, 15) is 9.59 Å². The van der Waals surface area contributed by atoms with Crippen molar-refractivity contribution in [3.05, 3.63) is 99.2 Å². The molecule has 0 bridgehead atoms. The lowest BCUT2D eigenvalue weighted by Crippen LogP contribution is -2.33. The Hall–Kier alpha value is -3.08. The number of anilines is 2. The molecular formula is C24H18Cl2N2O2. The first-order chi connectivity index (χ1) is 14.4. The van der Waals surface area contributed by atoms with Crippen LogP contribution in [0.15, 0.2) is 72.4 Å². The van der Waals surface area contributed by atoms with Crippen molar-refractivity contribution in [3.8, 4) is 0 Å². The summed E-state index contributed by atoms with van der Waals surface area (Å²) in [6.07, 6.45) is 0. The van der Waals surface area contributed by atoms with E-state index < -0.39 is 5.91 Å². The Kier molecular flexibility index (Phi) is 5.37. The second-order valence-corrected chi connectivity index (χ2v) is 7.87. The van der Waals surface area contributed by atoms with Gasteiger partial charge in [-0.25, -0.2) is 4.90 Å². The lowest BCUT2D eigenvalue weighted by Gasteiger charge is -2.18. The number of hydrogen-bond acceptors (Lipinski definition) is 3. The van der Waals surface area contributed by atoms with E-state index in [0.29, 0.717) is 32.6 Å². The van der Waals surface area contributed by atoms with Gasteiger partial charge >= 0.3 is 0 Å². The van der Waals surface area contributed by atoms with Crippen molar-refractivity contribution in [1.82, 2.24) is 0 Å². The van der Waals surface area contributed by atoms with E-state index in [4.69, 9.17) is 23.2 Å². The first kappa shape index (κ1) is 20.2. The summed E-state index contributed by atoms with van der Waals surface area (Å²) in [5, 5.41) is 4.28. The average molecular weight is 437 g/mol. The molecule has 30 heavy (non-hydrogen) atoms. The number of carbonyl (C=O) groups is 2. The first-order valence-corrected chi connectivity index (χ1v) is 10.1. The molecule has 0 unspecified atom stereocenters. The van der Waals surface area contributed by atoms with Gasteiger partial charge in [-0.15, -0.1) is 0 Å². The van der Waals surface area contributed by atoms with Crippen LogP contribution in [-0.4, -0.2) is 11.8 Å². The second-order valence-electron chi connectivity index (χ2n) is 7.03. The fourth-order valence-corrected chi connectivity index (χ4v) is 3.89. The maximum Gasteiger partial charge on any atom is 0.282 e. The standard InChI is InChI=1S/C24H18Cl2N2O2/c1-14-13-17(25)11-12-20(14)28-23(29)21(16-7-4-3-5-8-16)22(24(28)30)27-19-10-6-9-18(26)15(19)2/h3-13,27H,1-2H3. The molecule has 0 saturated carbocycles. The van der Waals surface area contributed by atoms with Crippen molar-refractivity contribution in [3.63, 3.8) is 0 Å². The minimum Gasteiger partial charge on any atom is -0.350 e. The van der Waals surface area contributed by atoms with Gasteiger partial charge in [-0.05, 0) is 60.9 Å². The molecule has 4 nitrogen and oxygen atoms in total. The molecule has 4 rings (SSSR count). The fraction of sp³-hybridized carbons (Fsp3) is 0.0833. The number of nitrogens with one attached hydrogen (secondary N) is 1. The molecule has 0 radical (unpaired) electrons. The molecule has 0 spiro atoms. The number of hydrogen-bond donors (Lipinski definition) is 1. The number of nitrogens with zero attached hydrogens (tertiary/aromatic N) is 1. The SMILES string of the molecule is Cc1cc(Cl)ccc1N1C(=O)C(Nc2cccc(Cl)c2C)=C(c2ccccc2)C1=O. The van der Waals surface area contributed by atoms with Crippen molar-refractivity contribution in [2.24, 2.45) is 0 Å². The first-order valence-electron chi connectivity index (χ1n) is 9.35. The largest absolute Gasteiger partial charge is 0.350 e. The fourth-order valence-electron chi connectivity index (χ4n) is 3.48. The van der Waals surface area contributed by atoms with Crippen molar-refractivity contribution < 1.29 is 9.59 Å². The molecule has 1 aliphatic rings. The molecule has 1 heterocycles. The molecule has 3 aromatic rings. The van der Waals surface area contributed by atoms with Crippen LogP contribution < -0.4 is 10.2 Å². The zero-order valence-corrected chi connectivity index (χ0v) is 17.9. The molecule has 0 aliphatic carbocycles. The van der Waals surface area contributed by atoms with Gasteiger partial charge in [-0.3, -0.25) is 9.59 Å². The molecule has 0 fully saturated rings. The van der Waals surface area contributed by atoms with E-state index in [1.54, 1.807) is 30.3 Å². The summed E-state index contributed by atoms with van der Waals surface area (Å²) in [6.45, 7) is 3.67. The summed E-state index contributed by atoms with van der Waals surface area (Å²) in [6, 6.07) is 19.6. The Morgan fingerprint density at radius 3 is 2.27 bits per heavy atom. The molecule has 1 aliphatic heterocycles. The summed E-state index contributed by atoms with van der Waals surface area (Å²) < 4.78 is 0. The third kappa shape index (κ3) is 3.49. The Morgan fingerprint density at radius 2 is 1.57 bits per heavy atom. The van der Waals surface area contributed by atoms with E-state index >= 15 is 0 Å². The van der Waals surface area contributed by atoms with E-state index in [2.05, 4.69) is 5.32 Å². The lowest BCUT2D eigenvalue weighted by molar-refractivity contribution is -0.120. The maximum absolute atomic E-state index is 13.5. The highest BCUT2D eigenvalue weighted by Gasteiger charge is 2.40. The molecule has 0 aromatic heterocycles. The average Bonchev–Trinajstić information content (AvgIpc) is 2.96. The molecule has 0 atom stereocenters. The van der Waals surface area contributed by atoms with Crippen LogP contribution in [0, 0.1) is 13.8 Å². The number of rotatable bonds is 4. The van der Waals surface area contributed by atoms with E-state index in [0.717, 1.165) is 11.1 Å². The van der Waals surface area contributed by atoms with Gasteiger partial charge in [0.25, 0.3) is 11.8 Å². The number of carbonyl (C=O) groups excluding carboxylic acids is 2. The molecular weight excluding hydrogens is 419 g/mol. The number of aryl methyl sites for hydroxylation is 1. The van der Waals surface area contributed by atoms with Crippen LogP contribution in [0.25, 0.3) is 5.57 Å². The van der Waals surface area contributed by atoms with E-state index in [1.807, 2.05) is 50.2 Å². The Morgan fingerprint density at radius 1 is 0.833 bits per heavy atom. The van der Waals surface area contributed by atoms with Gasteiger partial charge < -0.3 is 5.32 Å². The molecule has 3 aromatic carbocycles. The predicted octanol–water partition coefficient (Wildman–Crippen LogP) is 6.01. The second kappa shape index (κ2) is 7.98. The summed E-state index contributed by atoms with van der Waals surface area (Å²) in [4.78, 5) is 28.1. The Balaban J connectivity index is 1.86. The predicted molar refractivity (Wildman–Crippen MR) is 122 cm³/mol.